The first-order chi connectivity index (χ1) is 12.6. The molecule has 1 amide bonds. The van der Waals surface area contributed by atoms with Crippen LogP contribution in [-0.2, 0) is 6.42 Å². The molecule has 0 saturated carbocycles. The lowest BCUT2D eigenvalue weighted by atomic mass is 10.1. The maximum atomic E-state index is 13.0. The molecule has 2 N–H and O–H groups in total. The molecule has 0 unspecified atom stereocenters. The highest BCUT2D eigenvalue weighted by molar-refractivity contribution is 6.07. The van der Waals surface area contributed by atoms with Crippen molar-refractivity contribution in [2.45, 2.75) is 19.4 Å². The number of anilines is 2. The van der Waals surface area contributed by atoms with E-state index in [1.54, 1.807) is 24.3 Å². The lowest BCUT2D eigenvalue weighted by Crippen LogP contribution is -2.35. The van der Waals surface area contributed by atoms with Gasteiger partial charge < -0.3 is 10.6 Å². The summed E-state index contributed by atoms with van der Waals surface area (Å²) in [6.07, 6.45) is 2.29. The Kier molecular flexibility index (Phi) is 3.70. The van der Waals surface area contributed by atoms with Gasteiger partial charge in [0.05, 0.1) is 11.9 Å². The third-order valence-corrected chi connectivity index (χ3v) is 4.71. The van der Waals surface area contributed by atoms with Crippen LogP contribution in [0.5, 0.6) is 0 Å². The van der Waals surface area contributed by atoms with Gasteiger partial charge in [-0.05, 0) is 49.2 Å². The van der Waals surface area contributed by atoms with Crippen LogP contribution in [-0.4, -0.2) is 21.7 Å². The fourth-order valence-electron chi connectivity index (χ4n) is 3.41. The first kappa shape index (κ1) is 15.9. The fourth-order valence-corrected chi connectivity index (χ4v) is 3.41. The summed E-state index contributed by atoms with van der Waals surface area (Å²) in [7, 11) is 0. The molecule has 4 rings (SSSR count). The van der Waals surface area contributed by atoms with Crippen LogP contribution in [0, 0.1) is 11.3 Å². The van der Waals surface area contributed by atoms with Gasteiger partial charge in [-0.15, -0.1) is 0 Å². The van der Waals surface area contributed by atoms with Crippen LogP contribution < -0.4 is 10.6 Å². The normalized spacial score (nSPS) is 15.5. The summed E-state index contributed by atoms with van der Waals surface area (Å²) in [5.41, 5.74) is 9.72. The van der Waals surface area contributed by atoms with Gasteiger partial charge in [0.1, 0.15) is 17.5 Å². The minimum atomic E-state index is -0.0276. The monoisotopic (exact) mass is 343 g/mol. The number of hydrogen-bond acceptors (Lipinski definition) is 4. The molecule has 0 saturated heterocycles. The second-order valence-electron chi connectivity index (χ2n) is 6.37. The third kappa shape index (κ3) is 2.42. The number of amides is 1. The van der Waals surface area contributed by atoms with E-state index in [4.69, 9.17) is 11.0 Å². The number of hydrogen-bond donors (Lipinski definition) is 1. The maximum absolute atomic E-state index is 13.0. The Hall–Kier alpha value is -3.59. The number of para-hydroxylation sites is 1. The number of rotatable bonds is 2. The standard InChI is InChI=1S/C20H17N5O/c1-13-10-15-4-2-3-5-18(15)24(13)20(26)14-6-8-17(9-7-14)25-19(22)16(11-21)12-23-25/h2-9,12-13H,10,22H2,1H3/t13-/m0/s1. The summed E-state index contributed by atoms with van der Waals surface area (Å²) in [5, 5.41) is 13.1. The van der Waals surface area contributed by atoms with Crippen molar-refractivity contribution in [1.82, 2.24) is 9.78 Å². The van der Waals surface area contributed by atoms with Crippen LogP contribution >= 0.6 is 0 Å². The molecule has 1 aromatic heterocycles. The molecule has 6 heteroatoms. The van der Waals surface area contributed by atoms with Gasteiger partial charge in [0.25, 0.3) is 5.91 Å². The molecule has 128 valence electrons. The van der Waals surface area contributed by atoms with Crippen molar-refractivity contribution in [3.8, 4) is 11.8 Å². The number of nitrogens with zero attached hydrogens (tertiary/aromatic N) is 4. The van der Waals surface area contributed by atoms with Crippen LogP contribution in [0.25, 0.3) is 5.69 Å². The van der Waals surface area contributed by atoms with E-state index in [0.717, 1.165) is 12.1 Å². The summed E-state index contributed by atoms with van der Waals surface area (Å²) in [5.74, 6) is 0.258. The molecule has 0 spiro atoms. The topological polar surface area (TPSA) is 87.9 Å². The first-order valence-corrected chi connectivity index (χ1v) is 8.35. The number of benzene rings is 2. The number of nitrogens with two attached hydrogens (primary N) is 1. The molecule has 3 aromatic rings. The number of nitrogen functional groups attached to an aromatic ring is 1. The number of aromatic nitrogens is 2. The molecule has 1 aliphatic heterocycles. The molecule has 1 atom stereocenters. The quantitative estimate of drug-likeness (QED) is 0.775. The van der Waals surface area contributed by atoms with Gasteiger partial charge in [0.15, 0.2) is 0 Å². The van der Waals surface area contributed by atoms with Crippen molar-refractivity contribution in [2.24, 2.45) is 0 Å². The van der Waals surface area contributed by atoms with Crippen molar-refractivity contribution < 1.29 is 4.79 Å². The molecule has 0 fully saturated rings. The molecule has 6 nitrogen and oxygen atoms in total. The Morgan fingerprint density at radius 1 is 1.23 bits per heavy atom. The van der Waals surface area contributed by atoms with Crippen LogP contribution in [0.1, 0.15) is 28.4 Å². The number of carbonyl (C=O) groups is 1. The Bertz CT molecular complexity index is 1030. The minimum Gasteiger partial charge on any atom is -0.382 e. The molecule has 2 heterocycles. The van der Waals surface area contributed by atoms with Crippen LogP contribution in [0.4, 0.5) is 11.5 Å². The van der Waals surface area contributed by atoms with E-state index in [1.165, 1.54) is 16.4 Å². The van der Waals surface area contributed by atoms with Gasteiger partial charge in [-0.2, -0.15) is 10.4 Å². The zero-order valence-electron chi connectivity index (χ0n) is 14.3. The highest BCUT2D eigenvalue weighted by Gasteiger charge is 2.31. The molecule has 0 bridgehead atoms. The van der Waals surface area contributed by atoms with Gasteiger partial charge in [-0.25, -0.2) is 4.68 Å². The summed E-state index contributed by atoms with van der Waals surface area (Å²) < 4.78 is 1.49. The summed E-state index contributed by atoms with van der Waals surface area (Å²) in [4.78, 5) is 14.9. The van der Waals surface area contributed by atoms with Gasteiger partial charge in [0, 0.05) is 17.3 Å². The molecular weight excluding hydrogens is 326 g/mol. The van der Waals surface area contributed by atoms with Crippen molar-refractivity contribution >= 4 is 17.4 Å². The Balaban J connectivity index is 1.64. The van der Waals surface area contributed by atoms with E-state index in [1.807, 2.05) is 29.2 Å². The Labute approximate surface area is 151 Å². The maximum Gasteiger partial charge on any atom is 0.258 e. The smallest absolute Gasteiger partial charge is 0.258 e. The van der Waals surface area contributed by atoms with Gasteiger partial charge in [-0.3, -0.25) is 4.79 Å². The number of carbonyl (C=O) groups excluding carboxylic acids is 1. The molecule has 0 aliphatic carbocycles. The second kappa shape index (κ2) is 6.05. The lowest BCUT2D eigenvalue weighted by Gasteiger charge is -2.23. The average Bonchev–Trinajstić information content (AvgIpc) is 3.20. The zero-order valence-corrected chi connectivity index (χ0v) is 14.3. The van der Waals surface area contributed by atoms with E-state index in [2.05, 4.69) is 18.1 Å². The summed E-state index contributed by atoms with van der Waals surface area (Å²) in [6.45, 7) is 2.06. The van der Waals surface area contributed by atoms with Crippen LogP contribution in [0.3, 0.4) is 0 Å². The Morgan fingerprint density at radius 3 is 2.65 bits per heavy atom. The second-order valence-corrected chi connectivity index (χ2v) is 6.37. The van der Waals surface area contributed by atoms with Crippen molar-refractivity contribution in [2.75, 3.05) is 10.6 Å². The van der Waals surface area contributed by atoms with E-state index in [0.29, 0.717) is 16.8 Å². The first-order valence-electron chi connectivity index (χ1n) is 8.35. The minimum absolute atomic E-state index is 0.0276. The van der Waals surface area contributed by atoms with Gasteiger partial charge >= 0.3 is 0 Å². The molecule has 2 aromatic carbocycles. The molecule has 1 aliphatic rings. The lowest BCUT2D eigenvalue weighted by molar-refractivity contribution is 0.0981. The van der Waals surface area contributed by atoms with Crippen molar-refractivity contribution in [3.05, 3.63) is 71.4 Å². The van der Waals surface area contributed by atoms with Gasteiger partial charge in [0.2, 0.25) is 0 Å². The molecule has 0 radical (unpaired) electrons. The van der Waals surface area contributed by atoms with Crippen LogP contribution in [0.15, 0.2) is 54.7 Å². The summed E-state index contributed by atoms with van der Waals surface area (Å²) in [6, 6.07) is 17.2. The highest BCUT2D eigenvalue weighted by atomic mass is 16.2. The van der Waals surface area contributed by atoms with Crippen molar-refractivity contribution in [1.29, 1.82) is 5.26 Å². The fraction of sp³-hybridized carbons (Fsp3) is 0.150. The van der Waals surface area contributed by atoms with Crippen LogP contribution in [0.2, 0.25) is 0 Å². The average molecular weight is 343 g/mol. The predicted octanol–water partition coefficient (Wildman–Crippen LogP) is 2.92. The van der Waals surface area contributed by atoms with E-state index in [9.17, 15) is 4.79 Å². The number of nitriles is 1. The molecular formula is C20H17N5O. The number of fused-ring (bicyclic) bond motifs is 1. The van der Waals surface area contributed by atoms with E-state index in [-0.39, 0.29) is 17.8 Å². The predicted molar refractivity (Wildman–Crippen MR) is 99.1 cm³/mol. The van der Waals surface area contributed by atoms with E-state index < -0.39 is 0 Å². The third-order valence-electron chi connectivity index (χ3n) is 4.71. The summed E-state index contributed by atoms with van der Waals surface area (Å²) >= 11 is 0. The van der Waals surface area contributed by atoms with E-state index >= 15 is 0 Å². The highest BCUT2D eigenvalue weighted by Crippen LogP contribution is 2.33. The zero-order chi connectivity index (χ0) is 18.3. The SMILES string of the molecule is C[C@H]1Cc2ccccc2N1C(=O)c1ccc(-n2ncc(C#N)c2N)cc1. The largest absolute Gasteiger partial charge is 0.382 e. The van der Waals surface area contributed by atoms with Crippen molar-refractivity contribution in [3.63, 3.8) is 0 Å². The Morgan fingerprint density at radius 2 is 1.96 bits per heavy atom. The van der Waals surface area contributed by atoms with Gasteiger partial charge in [-0.1, -0.05) is 18.2 Å². The molecule has 26 heavy (non-hydrogen) atoms.